The summed E-state index contributed by atoms with van der Waals surface area (Å²) in [6.07, 6.45) is 1.37. The SMILES string of the molecule is CN(C)C=NC(=O)c1nn(-c2ccccc2)c(=O)cc1Oc1ccccc1. The van der Waals surface area contributed by atoms with Gasteiger partial charge in [-0.1, -0.05) is 36.4 Å². The van der Waals surface area contributed by atoms with Crippen molar-refractivity contribution < 1.29 is 9.53 Å². The summed E-state index contributed by atoms with van der Waals surface area (Å²) in [7, 11) is 3.49. The van der Waals surface area contributed by atoms with E-state index in [9.17, 15) is 9.59 Å². The van der Waals surface area contributed by atoms with Crippen molar-refractivity contribution in [1.29, 1.82) is 0 Å². The van der Waals surface area contributed by atoms with Crippen LogP contribution in [0.15, 0.2) is 76.5 Å². The highest BCUT2D eigenvalue weighted by atomic mass is 16.5. The molecule has 1 aromatic heterocycles. The average Bonchev–Trinajstić information content (AvgIpc) is 2.68. The third kappa shape index (κ3) is 4.46. The van der Waals surface area contributed by atoms with Crippen molar-refractivity contribution >= 4 is 12.2 Å². The van der Waals surface area contributed by atoms with Gasteiger partial charge in [-0.3, -0.25) is 9.59 Å². The van der Waals surface area contributed by atoms with E-state index < -0.39 is 11.5 Å². The quantitative estimate of drug-likeness (QED) is 0.515. The molecule has 0 fully saturated rings. The number of carbonyl (C=O) groups is 1. The van der Waals surface area contributed by atoms with Gasteiger partial charge in [0.2, 0.25) is 0 Å². The van der Waals surface area contributed by atoms with Crippen LogP contribution in [-0.2, 0) is 0 Å². The summed E-state index contributed by atoms with van der Waals surface area (Å²) in [5.41, 5.74) is 0.0695. The highest BCUT2D eigenvalue weighted by molar-refractivity contribution is 5.99. The van der Waals surface area contributed by atoms with Crippen molar-refractivity contribution in [2.24, 2.45) is 4.99 Å². The van der Waals surface area contributed by atoms with Gasteiger partial charge >= 0.3 is 5.91 Å². The van der Waals surface area contributed by atoms with Gasteiger partial charge in [0, 0.05) is 14.1 Å². The molecule has 0 aliphatic carbocycles. The van der Waals surface area contributed by atoms with Crippen LogP contribution in [0.4, 0.5) is 0 Å². The second-order valence-electron chi connectivity index (χ2n) is 5.87. The Kier molecular flexibility index (Phi) is 5.41. The number of nitrogens with zero attached hydrogens (tertiary/aromatic N) is 4. The molecule has 27 heavy (non-hydrogen) atoms. The smallest absolute Gasteiger partial charge is 0.302 e. The lowest BCUT2D eigenvalue weighted by Gasteiger charge is -2.11. The molecule has 0 saturated heterocycles. The number of hydrogen-bond donors (Lipinski definition) is 0. The maximum absolute atomic E-state index is 12.6. The van der Waals surface area contributed by atoms with Crippen molar-refractivity contribution in [3.63, 3.8) is 0 Å². The van der Waals surface area contributed by atoms with Crippen molar-refractivity contribution in [2.45, 2.75) is 0 Å². The van der Waals surface area contributed by atoms with Crippen LogP contribution in [0.25, 0.3) is 5.69 Å². The fraction of sp³-hybridized carbons (Fsp3) is 0.100. The maximum Gasteiger partial charge on any atom is 0.302 e. The maximum atomic E-state index is 12.6. The molecule has 0 unspecified atom stereocenters. The molecule has 0 atom stereocenters. The summed E-state index contributed by atoms with van der Waals surface area (Å²) in [4.78, 5) is 30.6. The molecular weight excluding hydrogens is 344 g/mol. The van der Waals surface area contributed by atoms with Gasteiger partial charge < -0.3 is 9.64 Å². The molecule has 0 spiro atoms. The second-order valence-corrected chi connectivity index (χ2v) is 5.87. The van der Waals surface area contributed by atoms with E-state index in [4.69, 9.17) is 4.74 Å². The van der Waals surface area contributed by atoms with Crippen LogP contribution in [0, 0.1) is 0 Å². The largest absolute Gasteiger partial charge is 0.455 e. The van der Waals surface area contributed by atoms with Gasteiger partial charge in [-0.15, -0.1) is 0 Å². The minimum atomic E-state index is -0.612. The summed E-state index contributed by atoms with van der Waals surface area (Å²) < 4.78 is 6.87. The normalized spacial score (nSPS) is 10.7. The standard InChI is InChI=1S/C20H18N4O3/c1-23(2)14-21-20(26)19-17(27-16-11-7-4-8-12-16)13-18(25)24(22-19)15-9-5-3-6-10-15/h3-14H,1-2H3. The summed E-state index contributed by atoms with van der Waals surface area (Å²) in [5, 5.41) is 4.21. The van der Waals surface area contributed by atoms with E-state index >= 15 is 0 Å². The molecule has 3 aromatic rings. The number of aromatic nitrogens is 2. The number of amides is 1. The van der Waals surface area contributed by atoms with Crippen LogP contribution >= 0.6 is 0 Å². The number of para-hydroxylation sites is 2. The van der Waals surface area contributed by atoms with E-state index in [0.29, 0.717) is 11.4 Å². The van der Waals surface area contributed by atoms with Gasteiger partial charge in [0.15, 0.2) is 11.4 Å². The first kappa shape index (κ1) is 18.1. The molecule has 0 N–H and O–H groups in total. The predicted molar refractivity (Wildman–Crippen MR) is 103 cm³/mol. The Hall–Kier alpha value is -3.74. The van der Waals surface area contributed by atoms with Gasteiger partial charge in [-0.2, -0.15) is 14.8 Å². The van der Waals surface area contributed by atoms with E-state index in [0.717, 1.165) is 4.68 Å². The molecular formula is C20H18N4O3. The van der Waals surface area contributed by atoms with E-state index in [1.807, 2.05) is 12.1 Å². The zero-order chi connectivity index (χ0) is 19.2. The molecule has 3 rings (SSSR count). The Bertz CT molecular complexity index is 1010. The minimum Gasteiger partial charge on any atom is -0.455 e. The summed E-state index contributed by atoms with van der Waals surface area (Å²) >= 11 is 0. The lowest BCUT2D eigenvalue weighted by Crippen LogP contribution is -2.24. The molecule has 0 aliphatic rings. The summed E-state index contributed by atoms with van der Waals surface area (Å²) in [5.74, 6) is -0.0691. The van der Waals surface area contributed by atoms with E-state index in [1.165, 1.54) is 12.4 Å². The van der Waals surface area contributed by atoms with Gasteiger partial charge in [-0.05, 0) is 24.3 Å². The number of aliphatic imine (C=N–C) groups is 1. The van der Waals surface area contributed by atoms with Crippen molar-refractivity contribution in [3.8, 4) is 17.2 Å². The Morgan fingerprint density at radius 3 is 2.33 bits per heavy atom. The van der Waals surface area contributed by atoms with Gasteiger partial charge in [-0.25, -0.2) is 0 Å². The molecule has 7 nitrogen and oxygen atoms in total. The summed E-state index contributed by atoms with van der Waals surface area (Å²) in [6.45, 7) is 0. The van der Waals surface area contributed by atoms with E-state index in [-0.39, 0.29) is 11.4 Å². The van der Waals surface area contributed by atoms with Crippen molar-refractivity contribution in [3.05, 3.63) is 82.8 Å². The molecule has 1 heterocycles. The monoisotopic (exact) mass is 362 g/mol. The molecule has 2 aromatic carbocycles. The van der Waals surface area contributed by atoms with Gasteiger partial charge in [0.25, 0.3) is 5.56 Å². The Morgan fingerprint density at radius 2 is 1.70 bits per heavy atom. The third-order valence-electron chi connectivity index (χ3n) is 3.48. The topological polar surface area (TPSA) is 76.8 Å². The fourth-order valence-electron chi connectivity index (χ4n) is 2.26. The number of hydrogen-bond acceptors (Lipinski definition) is 4. The molecule has 0 aliphatic heterocycles. The van der Waals surface area contributed by atoms with Crippen LogP contribution in [0.2, 0.25) is 0 Å². The van der Waals surface area contributed by atoms with Crippen molar-refractivity contribution in [2.75, 3.05) is 14.1 Å². The molecule has 1 amide bonds. The van der Waals surface area contributed by atoms with Crippen LogP contribution < -0.4 is 10.3 Å². The fourth-order valence-corrected chi connectivity index (χ4v) is 2.26. The predicted octanol–water partition coefficient (Wildman–Crippen LogP) is 2.75. The van der Waals surface area contributed by atoms with E-state index in [2.05, 4.69) is 10.1 Å². The zero-order valence-electron chi connectivity index (χ0n) is 14.9. The van der Waals surface area contributed by atoms with Crippen LogP contribution in [0.1, 0.15) is 10.5 Å². The minimum absolute atomic E-state index is 0.0549. The Morgan fingerprint density at radius 1 is 1.07 bits per heavy atom. The summed E-state index contributed by atoms with van der Waals surface area (Å²) in [6, 6.07) is 19.0. The number of benzene rings is 2. The Balaban J connectivity index is 2.10. The lowest BCUT2D eigenvalue weighted by molar-refractivity contribution is 0.0993. The molecule has 0 radical (unpaired) electrons. The first-order chi connectivity index (χ1) is 13.0. The Labute approximate surface area is 156 Å². The first-order valence-electron chi connectivity index (χ1n) is 8.22. The molecule has 7 heteroatoms. The second kappa shape index (κ2) is 8.09. The lowest BCUT2D eigenvalue weighted by atomic mass is 10.3. The number of rotatable bonds is 5. The number of carbonyl (C=O) groups excluding carboxylic acids is 1. The average molecular weight is 362 g/mol. The van der Waals surface area contributed by atoms with E-state index in [1.54, 1.807) is 67.5 Å². The highest BCUT2D eigenvalue weighted by Crippen LogP contribution is 2.23. The van der Waals surface area contributed by atoms with Gasteiger partial charge in [0.05, 0.1) is 18.1 Å². The highest BCUT2D eigenvalue weighted by Gasteiger charge is 2.18. The molecule has 0 saturated carbocycles. The third-order valence-corrected chi connectivity index (χ3v) is 3.48. The first-order valence-corrected chi connectivity index (χ1v) is 8.22. The molecule has 136 valence electrons. The number of ether oxygens (including phenoxy) is 1. The van der Waals surface area contributed by atoms with Gasteiger partial charge in [0.1, 0.15) is 5.75 Å². The van der Waals surface area contributed by atoms with Crippen LogP contribution in [0.5, 0.6) is 11.5 Å². The van der Waals surface area contributed by atoms with Crippen molar-refractivity contribution in [1.82, 2.24) is 14.7 Å². The van der Waals surface area contributed by atoms with Crippen LogP contribution in [0.3, 0.4) is 0 Å². The molecule has 0 bridgehead atoms. The van der Waals surface area contributed by atoms with Crippen LogP contribution in [-0.4, -0.2) is 41.0 Å². The zero-order valence-corrected chi connectivity index (χ0v) is 14.9.